The van der Waals surface area contributed by atoms with Crippen LogP contribution in [-0.2, 0) is 6.54 Å². The number of benzene rings is 1. The van der Waals surface area contributed by atoms with E-state index in [0.29, 0.717) is 0 Å². The molecule has 0 radical (unpaired) electrons. The van der Waals surface area contributed by atoms with Crippen LogP contribution >= 0.6 is 0 Å². The second-order valence-electron chi connectivity index (χ2n) is 4.99. The Morgan fingerprint density at radius 2 is 1.72 bits per heavy atom. The van der Waals surface area contributed by atoms with Gasteiger partial charge in [0.05, 0.1) is 40.9 Å². The van der Waals surface area contributed by atoms with Crippen LogP contribution in [0.2, 0.25) is 0 Å². The maximum Gasteiger partial charge on any atom is 0.169 e. The molecule has 1 aromatic rings. The third-order valence-electron chi connectivity index (χ3n) is 3.03. The normalized spacial score (nSPS) is 12.6. The Bertz CT molecular complexity index is 367. The highest BCUT2D eigenvalue weighted by molar-refractivity contribution is 5.46. The van der Waals surface area contributed by atoms with Gasteiger partial charge in [-0.05, 0) is 12.1 Å². The number of para-hydroxylation sites is 1. The summed E-state index contributed by atoms with van der Waals surface area (Å²) in [4.78, 5) is 2.95. The lowest BCUT2D eigenvalue weighted by Gasteiger charge is -2.18. The standard InChI is InChI=1S/C14H24N2O2/c1-15(2)9-10-16(3)11-12-7-6-8-13(17-4)14(12)18-5/h6-8H,9-11H2,1-5H3/p+2. The summed E-state index contributed by atoms with van der Waals surface area (Å²) < 4.78 is 10.8. The molecule has 0 spiro atoms. The topological polar surface area (TPSA) is 27.3 Å². The number of likely N-dealkylation sites (N-methyl/N-ethyl adjacent to an activating group) is 2. The maximum absolute atomic E-state index is 5.45. The lowest BCUT2D eigenvalue weighted by molar-refractivity contribution is -0.937. The first-order chi connectivity index (χ1) is 8.58. The first-order valence-corrected chi connectivity index (χ1v) is 6.38. The minimum Gasteiger partial charge on any atom is -0.493 e. The van der Waals surface area contributed by atoms with Crippen molar-refractivity contribution in [2.24, 2.45) is 0 Å². The van der Waals surface area contributed by atoms with Crippen molar-refractivity contribution in [2.75, 3.05) is 48.5 Å². The number of nitrogens with one attached hydrogen (secondary N) is 2. The predicted molar refractivity (Wildman–Crippen MR) is 72.7 cm³/mol. The Balaban J connectivity index is 2.71. The van der Waals surface area contributed by atoms with E-state index in [9.17, 15) is 0 Å². The zero-order valence-electron chi connectivity index (χ0n) is 12.2. The van der Waals surface area contributed by atoms with E-state index in [2.05, 4.69) is 27.2 Å². The number of hydrogen-bond acceptors (Lipinski definition) is 2. The summed E-state index contributed by atoms with van der Waals surface area (Å²) in [6.07, 6.45) is 0. The predicted octanol–water partition coefficient (Wildman–Crippen LogP) is -1.14. The second kappa shape index (κ2) is 7.24. The van der Waals surface area contributed by atoms with Crippen LogP contribution in [0.3, 0.4) is 0 Å². The van der Waals surface area contributed by atoms with E-state index in [1.807, 2.05) is 12.1 Å². The average molecular weight is 254 g/mol. The van der Waals surface area contributed by atoms with Gasteiger partial charge in [-0.15, -0.1) is 0 Å². The minimum absolute atomic E-state index is 0.807. The molecule has 0 aliphatic rings. The van der Waals surface area contributed by atoms with Gasteiger partial charge in [0.15, 0.2) is 11.5 Å². The van der Waals surface area contributed by atoms with Crippen LogP contribution in [0, 0.1) is 0 Å². The van der Waals surface area contributed by atoms with Crippen molar-refractivity contribution < 1.29 is 19.3 Å². The molecule has 1 aromatic carbocycles. The SMILES string of the molecule is COc1cccc(C[NH+](C)CC[NH+](C)C)c1OC. The molecular weight excluding hydrogens is 228 g/mol. The third kappa shape index (κ3) is 4.20. The highest BCUT2D eigenvalue weighted by Crippen LogP contribution is 2.29. The van der Waals surface area contributed by atoms with E-state index >= 15 is 0 Å². The van der Waals surface area contributed by atoms with E-state index in [1.54, 1.807) is 14.2 Å². The summed E-state index contributed by atoms with van der Waals surface area (Å²) in [7, 11) is 9.94. The van der Waals surface area contributed by atoms with Gasteiger partial charge in [-0.3, -0.25) is 0 Å². The van der Waals surface area contributed by atoms with Crippen LogP contribution in [-0.4, -0.2) is 48.5 Å². The first-order valence-electron chi connectivity index (χ1n) is 6.38. The summed E-state index contributed by atoms with van der Waals surface area (Å²) in [6, 6.07) is 6.05. The van der Waals surface area contributed by atoms with E-state index < -0.39 is 0 Å². The summed E-state index contributed by atoms with van der Waals surface area (Å²) in [5.74, 6) is 1.66. The molecule has 0 amide bonds. The zero-order valence-corrected chi connectivity index (χ0v) is 12.2. The van der Waals surface area contributed by atoms with Gasteiger partial charge in [0.2, 0.25) is 0 Å². The Morgan fingerprint density at radius 1 is 1.00 bits per heavy atom. The highest BCUT2D eigenvalue weighted by atomic mass is 16.5. The molecule has 0 aromatic heterocycles. The fourth-order valence-corrected chi connectivity index (χ4v) is 1.97. The van der Waals surface area contributed by atoms with Gasteiger partial charge in [-0.2, -0.15) is 0 Å². The number of rotatable bonds is 7. The summed E-state index contributed by atoms with van der Waals surface area (Å²) >= 11 is 0. The molecule has 0 fully saturated rings. The molecule has 102 valence electrons. The largest absolute Gasteiger partial charge is 0.493 e. The second-order valence-corrected chi connectivity index (χ2v) is 4.99. The minimum atomic E-state index is 0.807. The fourth-order valence-electron chi connectivity index (χ4n) is 1.97. The third-order valence-corrected chi connectivity index (χ3v) is 3.03. The van der Waals surface area contributed by atoms with Crippen molar-refractivity contribution in [3.63, 3.8) is 0 Å². The molecule has 0 saturated carbocycles. The molecule has 2 N–H and O–H groups in total. The molecule has 4 nitrogen and oxygen atoms in total. The molecule has 0 aliphatic heterocycles. The van der Waals surface area contributed by atoms with Crippen molar-refractivity contribution in [3.8, 4) is 11.5 Å². The number of hydrogen-bond donors (Lipinski definition) is 2. The monoisotopic (exact) mass is 254 g/mol. The summed E-state index contributed by atoms with van der Waals surface area (Å²) in [6.45, 7) is 3.26. The smallest absolute Gasteiger partial charge is 0.169 e. The Kier molecular flexibility index (Phi) is 5.95. The molecule has 18 heavy (non-hydrogen) atoms. The lowest BCUT2D eigenvalue weighted by Crippen LogP contribution is -3.15. The number of quaternary nitrogens is 2. The van der Waals surface area contributed by atoms with Crippen LogP contribution < -0.4 is 19.3 Å². The van der Waals surface area contributed by atoms with Gasteiger partial charge in [-0.25, -0.2) is 0 Å². The van der Waals surface area contributed by atoms with Crippen LogP contribution in [0.25, 0.3) is 0 Å². The van der Waals surface area contributed by atoms with Gasteiger partial charge < -0.3 is 19.3 Å². The van der Waals surface area contributed by atoms with Crippen molar-refractivity contribution >= 4 is 0 Å². The van der Waals surface area contributed by atoms with E-state index in [4.69, 9.17) is 9.47 Å². The van der Waals surface area contributed by atoms with E-state index in [1.165, 1.54) is 15.4 Å². The molecule has 1 rings (SSSR count). The number of ether oxygens (including phenoxy) is 2. The first kappa shape index (κ1) is 14.8. The fraction of sp³-hybridized carbons (Fsp3) is 0.571. The Labute approximate surface area is 110 Å². The Hall–Kier alpha value is -1.26. The highest BCUT2D eigenvalue weighted by Gasteiger charge is 2.13. The van der Waals surface area contributed by atoms with Gasteiger partial charge >= 0.3 is 0 Å². The molecule has 1 unspecified atom stereocenters. The van der Waals surface area contributed by atoms with E-state index in [0.717, 1.165) is 31.1 Å². The molecule has 0 heterocycles. The molecule has 4 heteroatoms. The summed E-state index contributed by atoms with van der Waals surface area (Å²) in [5, 5.41) is 0. The van der Waals surface area contributed by atoms with Crippen LogP contribution in [0.1, 0.15) is 5.56 Å². The summed E-state index contributed by atoms with van der Waals surface area (Å²) in [5.41, 5.74) is 1.20. The molecule has 0 bridgehead atoms. The quantitative estimate of drug-likeness (QED) is 0.644. The van der Waals surface area contributed by atoms with Gasteiger partial charge in [-0.1, -0.05) is 6.07 Å². The van der Waals surface area contributed by atoms with Crippen molar-refractivity contribution in [3.05, 3.63) is 23.8 Å². The maximum atomic E-state index is 5.45. The van der Waals surface area contributed by atoms with Gasteiger partial charge in [0.1, 0.15) is 19.6 Å². The lowest BCUT2D eigenvalue weighted by atomic mass is 10.1. The van der Waals surface area contributed by atoms with E-state index in [-0.39, 0.29) is 0 Å². The molecular formula is C14H26N2O2+2. The average Bonchev–Trinajstić information content (AvgIpc) is 2.36. The van der Waals surface area contributed by atoms with Crippen LogP contribution in [0.4, 0.5) is 0 Å². The van der Waals surface area contributed by atoms with Gasteiger partial charge in [0, 0.05) is 0 Å². The Morgan fingerprint density at radius 3 is 2.28 bits per heavy atom. The van der Waals surface area contributed by atoms with Crippen molar-refractivity contribution in [1.29, 1.82) is 0 Å². The van der Waals surface area contributed by atoms with Crippen molar-refractivity contribution in [1.82, 2.24) is 0 Å². The van der Waals surface area contributed by atoms with Gasteiger partial charge in [0.25, 0.3) is 0 Å². The number of methoxy groups -OCH3 is 2. The molecule has 1 atom stereocenters. The van der Waals surface area contributed by atoms with Crippen LogP contribution in [0.5, 0.6) is 11.5 Å². The zero-order chi connectivity index (χ0) is 13.5. The van der Waals surface area contributed by atoms with Crippen molar-refractivity contribution in [2.45, 2.75) is 6.54 Å². The van der Waals surface area contributed by atoms with Crippen LogP contribution in [0.15, 0.2) is 18.2 Å². The molecule has 0 aliphatic carbocycles. The molecule has 0 saturated heterocycles.